The number of rotatable bonds is 7. The van der Waals surface area contributed by atoms with Crippen LogP contribution in [-0.2, 0) is 11.2 Å². The molecule has 4 rings (SSSR count). The minimum atomic E-state index is 0.229. The lowest BCUT2D eigenvalue weighted by atomic mass is 10.1. The van der Waals surface area contributed by atoms with Crippen LogP contribution in [0, 0.1) is 5.92 Å². The first-order valence-corrected chi connectivity index (χ1v) is 11.9. The molecule has 1 aromatic carbocycles. The van der Waals surface area contributed by atoms with Crippen LogP contribution in [0.5, 0.6) is 0 Å². The van der Waals surface area contributed by atoms with Crippen LogP contribution in [0.15, 0.2) is 29.3 Å². The maximum Gasteiger partial charge on any atom is 0.227 e. The Morgan fingerprint density at radius 3 is 2.83 bits per heavy atom. The van der Waals surface area contributed by atoms with Crippen molar-refractivity contribution >= 4 is 17.6 Å². The molecule has 6 heteroatoms. The van der Waals surface area contributed by atoms with E-state index in [4.69, 9.17) is 4.99 Å². The molecule has 1 aromatic rings. The Hall–Kier alpha value is -2.08. The first-order chi connectivity index (χ1) is 14.7. The summed E-state index contributed by atoms with van der Waals surface area (Å²) in [7, 11) is 0. The Morgan fingerprint density at radius 1 is 1.17 bits per heavy atom. The average Bonchev–Trinajstić information content (AvgIpc) is 3.51. The smallest absolute Gasteiger partial charge is 0.227 e. The van der Waals surface area contributed by atoms with Gasteiger partial charge in [0.05, 0.1) is 0 Å². The van der Waals surface area contributed by atoms with Gasteiger partial charge in [0.2, 0.25) is 5.91 Å². The van der Waals surface area contributed by atoms with Crippen LogP contribution < -0.4 is 10.2 Å². The molecule has 1 atom stereocenters. The van der Waals surface area contributed by atoms with E-state index in [1.807, 2.05) is 11.0 Å². The van der Waals surface area contributed by atoms with Crippen molar-refractivity contribution in [2.75, 3.05) is 57.3 Å². The van der Waals surface area contributed by atoms with E-state index < -0.39 is 0 Å². The Morgan fingerprint density at radius 2 is 2.00 bits per heavy atom. The van der Waals surface area contributed by atoms with E-state index in [1.54, 1.807) is 0 Å². The molecule has 3 heterocycles. The van der Waals surface area contributed by atoms with Gasteiger partial charge < -0.3 is 20.0 Å². The fourth-order valence-corrected chi connectivity index (χ4v) is 5.08. The Balaban J connectivity index is 1.24. The molecule has 1 N–H and O–H groups in total. The number of likely N-dealkylation sites (tertiary alicyclic amines) is 2. The van der Waals surface area contributed by atoms with Crippen LogP contribution in [0.25, 0.3) is 0 Å². The number of guanidine groups is 1. The predicted molar refractivity (Wildman–Crippen MR) is 123 cm³/mol. The van der Waals surface area contributed by atoms with Gasteiger partial charge in [-0.15, -0.1) is 0 Å². The number of hydrogen-bond acceptors (Lipinski definition) is 3. The van der Waals surface area contributed by atoms with E-state index in [0.717, 1.165) is 56.6 Å². The quantitative estimate of drug-likeness (QED) is 0.426. The number of aliphatic imine (C=N–C) groups is 1. The van der Waals surface area contributed by atoms with Gasteiger partial charge in [0, 0.05) is 51.4 Å². The summed E-state index contributed by atoms with van der Waals surface area (Å²) in [5.74, 6) is 2.01. The summed E-state index contributed by atoms with van der Waals surface area (Å²) in [6.45, 7) is 10.5. The number of nitrogens with zero attached hydrogens (tertiary/aromatic N) is 4. The minimum absolute atomic E-state index is 0.229. The lowest BCUT2D eigenvalue weighted by molar-refractivity contribution is -0.118. The zero-order valence-corrected chi connectivity index (χ0v) is 18.5. The van der Waals surface area contributed by atoms with Gasteiger partial charge in [0.25, 0.3) is 0 Å². The topological polar surface area (TPSA) is 51.2 Å². The number of para-hydroxylation sites is 1. The molecule has 0 aliphatic carbocycles. The Labute approximate surface area is 181 Å². The molecule has 0 bridgehead atoms. The van der Waals surface area contributed by atoms with E-state index in [2.05, 4.69) is 40.2 Å². The molecule has 3 aliphatic heterocycles. The summed E-state index contributed by atoms with van der Waals surface area (Å²) in [6, 6.07) is 8.26. The molecule has 1 amide bonds. The zero-order chi connectivity index (χ0) is 20.8. The predicted octanol–water partition coefficient (Wildman–Crippen LogP) is 2.74. The van der Waals surface area contributed by atoms with Crippen molar-refractivity contribution in [1.29, 1.82) is 0 Å². The Bertz CT molecular complexity index is 743. The highest BCUT2D eigenvalue weighted by Gasteiger charge is 2.27. The lowest BCUT2D eigenvalue weighted by Crippen LogP contribution is -2.41. The lowest BCUT2D eigenvalue weighted by Gasteiger charge is -2.23. The molecule has 0 aromatic heterocycles. The fourth-order valence-electron chi connectivity index (χ4n) is 5.08. The number of hydrogen-bond donors (Lipinski definition) is 1. The van der Waals surface area contributed by atoms with Crippen molar-refractivity contribution in [2.45, 2.75) is 45.4 Å². The largest absolute Gasteiger partial charge is 0.357 e. The van der Waals surface area contributed by atoms with Gasteiger partial charge in [-0.3, -0.25) is 9.79 Å². The first kappa shape index (κ1) is 21.2. The summed E-state index contributed by atoms with van der Waals surface area (Å²) >= 11 is 0. The van der Waals surface area contributed by atoms with Gasteiger partial charge in [-0.05, 0) is 69.7 Å². The summed E-state index contributed by atoms with van der Waals surface area (Å²) in [5, 5.41) is 3.46. The maximum absolute atomic E-state index is 12.7. The zero-order valence-electron chi connectivity index (χ0n) is 18.5. The van der Waals surface area contributed by atoms with E-state index in [1.165, 1.54) is 44.5 Å². The summed E-state index contributed by atoms with van der Waals surface area (Å²) in [4.78, 5) is 24.5. The number of carbonyl (C=O) groups excluding carboxylic acids is 1. The summed E-state index contributed by atoms with van der Waals surface area (Å²) in [6.07, 6.45) is 6.32. The van der Waals surface area contributed by atoms with Crippen molar-refractivity contribution < 1.29 is 4.79 Å². The maximum atomic E-state index is 12.7. The van der Waals surface area contributed by atoms with Crippen LogP contribution in [0.3, 0.4) is 0 Å². The van der Waals surface area contributed by atoms with E-state index in [0.29, 0.717) is 13.0 Å². The summed E-state index contributed by atoms with van der Waals surface area (Å²) < 4.78 is 0. The van der Waals surface area contributed by atoms with Gasteiger partial charge >= 0.3 is 0 Å². The molecule has 0 radical (unpaired) electrons. The second-order valence-electron chi connectivity index (χ2n) is 8.87. The Kier molecular flexibility index (Phi) is 7.26. The van der Waals surface area contributed by atoms with Gasteiger partial charge in [-0.2, -0.15) is 0 Å². The van der Waals surface area contributed by atoms with Crippen LogP contribution in [0.1, 0.15) is 44.6 Å². The molecule has 0 spiro atoms. The number of fused-ring (bicyclic) bond motifs is 1. The third-order valence-corrected chi connectivity index (χ3v) is 6.63. The van der Waals surface area contributed by atoms with Gasteiger partial charge in [-0.1, -0.05) is 18.2 Å². The monoisotopic (exact) mass is 411 g/mol. The van der Waals surface area contributed by atoms with Crippen molar-refractivity contribution in [1.82, 2.24) is 15.1 Å². The highest BCUT2D eigenvalue weighted by molar-refractivity contribution is 5.95. The van der Waals surface area contributed by atoms with Gasteiger partial charge in [-0.25, -0.2) is 0 Å². The normalized spacial score (nSPS) is 22.0. The van der Waals surface area contributed by atoms with Crippen molar-refractivity contribution in [3.8, 4) is 0 Å². The summed E-state index contributed by atoms with van der Waals surface area (Å²) in [5.41, 5.74) is 2.39. The van der Waals surface area contributed by atoms with Crippen LogP contribution in [-0.4, -0.2) is 74.0 Å². The molecule has 2 fully saturated rings. The number of carbonyl (C=O) groups is 1. The molecule has 6 nitrogen and oxygen atoms in total. The SMILES string of the molecule is CCNC(=NCCCC(=O)N1CCc2ccccc21)N1CCC(CN2CCCC2)C1. The molecular formula is C24H37N5O. The molecule has 0 saturated carbocycles. The van der Waals surface area contributed by atoms with Crippen LogP contribution >= 0.6 is 0 Å². The third-order valence-electron chi connectivity index (χ3n) is 6.63. The molecule has 30 heavy (non-hydrogen) atoms. The first-order valence-electron chi connectivity index (χ1n) is 11.9. The van der Waals surface area contributed by atoms with Gasteiger partial charge in [0.1, 0.15) is 0 Å². The minimum Gasteiger partial charge on any atom is -0.357 e. The average molecular weight is 412 g/mol. The molecule has 164 valence electrons. The van der Waals surface area contributed by atoms with Crippen LogP contribution in [0.2, 0.25) is 0 Å². The second-order valence-corrected chi connectivity index (χ2v) is 8.87. The fraction of sp³-hybridized carbons (Fsp3) is 0.667. The molecule has 3 aliphatic rings. The van der Waals surface area contributed by atoms with Crippen molar-refractivity contribution in [3.63, 3.8) is 0 Å². The van der Waals surface area contributed by atoms with Crippen molar-refractivity contribution in [2.24, 2.45) is 10.9 Å². The van der Waals surface area contributed by atoms with Crippen LogP contribution in [0.4, 0.5) is 5.69 Å². The molecule has 1 unspecified atom stereocenters. The number of benzene rings is 1. The third kappa shape index (κ3) is 5.15. The van der Waals surface area contributed by atoms with Crippen molar-refractivity contribution in [3.05, 3.63) is 29.8 Å². The number of anilines is 1. The standard InChI is InChI=1S/C24H37N5O/c1-2-25-24(28-16-11-20(19-28)18-27-14-5-6-15-27)26-13-7-10-23(30)29-17-12-21-8-3-4-9-22(21)29/h3-4,8-9,20H,2,5-7,10-19H2,1H3,(H,25,26). The number of amides is 1. The second kappa shape index (κ2) is 10.3. The van der Waals surface area contributed by atoms with E-state index >= 15 is 0 Å². The van der Waals surface area contributed by atoms with E-state index in [-0.39, 0.29) is 5.91 Å². The highest BCUT2D eigenvalue weighted by Crippen LogP contribution is 2.28. The number of nitrogens with one attached hydrogen (secondary N) is 1. The highest BCUT2D eigenvalue weighted by atomic mass is 16.2. The molecular weight excluding hydrogens is 374 g/mol. The van der Waals surface area contributed by atoms with E-state index in [9.17, 15) is 4.79 Å². The van der Waals surface area contributed by atoms with Gasteiger partial charge in [0.15, 0.2) is 5.96 Å². The molecule has 2 saturated heterocycles.